The average Bonchev–Trinajstić information content (AvgIpc) is 1.54. The smallest absolute Gasteiger partial charge is 0.293 e. The van der Waals surface area contributed by atoms with Crippen LogP contribution in [0.3, 0.4) is 0 Å². The summed E-state index contributed by atoms with van der Waals surface area (Å²) >= 11 is 0. The quantitative estimate of drug-likeness (QED) is 0.0338. The molecule has 16 nitrogen and oxygen atoms in total. The summed E-state index contributed by atoms with van der Waals surface area (Å²) in [6.07, 6.45) is 31.7. The lowest BCUT2D eigenvalue weighted by molar-refractivity contribution is -0.0422. The SMILES string of the molecule is CCCCCCOc1c2c(cc3ccccc13)C1=NC2=NC2(OCCCCCC)N=C(N=C3N=C(c4c3c(OCCCCCC)c3ccccc3c4OCCCCCC)N(OCCCCCC)C3=NC(=N1)c1cc4ccccc4c(OCCCCCC)c13)c1c2c(OCCCCCC)c2ccccc2c1OCCCCCC. The topological polar surface area (TPSA) is 164 Å². The van der Waals surface area contributed by atoms with Crippen molar-refractivity contribution in [3.63, 3.8) is 0 Å². The lowest BCUT2D eigenvalue weighted by Gasteiger charge is -2.28. The number of unbranched alkanes of at least 4 members (excludes halogenated alkanes) is 24. The first-order valence-electron chi connectivity index (χ1n) is 43.6. The summed E-state index contributed by atoms with van der Waals surface area (Å²) in [5.74, 6) is 4.54. The Labute approximate surface area is 666 Å². The van der Waals surface area contributed by atoms with Crippen molar-refractivity contribution in [1.29, 1.82) is 0 Å². The van der Waals surface area contributed by atoms with Crippen LogP contribution in [0.2, 0.25) is 0 Å². The molecule has 13 rings (SSSR count). The molecule has 0 aromatic heterocycles. The number of benzene rings is 8. The van der Waals surface area contributed by atoms with Gasteiger partial charge in [0.2, 0.25) is 0 Å². The van der Waals surface area contributed by atoms with Crippen molar-refractivity contribution in [2.45, 2.75) is 267 Å². The van der Waals surface area contributed by atoms with Crippen LogP contribution >= 0.6 is 0 Å². The monoisotopic (exact) mass is 1510 g/mol. The van der Waals surface area contributed by atoms with Gasteiger partial charge in [0.05, 0.1) is 86.2 Å². The Kier molecular flexibility index (Phi) is 29.4. The molecule has 594 valence electrons. The summed E-state index contributed by atoms with van der Waals surface area (Å²) in [5, 5.41) is 9.15. The molecule has 0 fully saturated rings. The van der Waals surface area contributed by atoms with E-state index in [0.29, 0.717) is 149 Å². The van der Waals surface area contributed by atoms with Gasteiger partial charge in [-0.1, -0.05) is 307 Å². The highest BCUT2D eigenvalue weighted by molar-refractivity contribution is 6.37. The number of aliphatic imine (C=N–C) groups is 7. The van der Waals surface area contributed by atoms with Gasteiger partial charge in [-0.15, -0.1) is 0 Å². The van der Waals surface area contributed by atoms with Crippen molar-refractivity contribution >= 4 is 83.9 Å². The number of hydrogen-bond acceptors (Lipinski definition) is 16. The van der Waals surface area contributed by atoms with E-state index in [0.717, 1.165) is 265 Å². The first-order valence-corrected chi connectivity index (χ1v) is 43.6. The van der Waals surface area contributed by atoms with E-state index in [9.17, 15) is 0 Å². The number of rotatable bonds is 48. The predicted molar refractivity (Wildman–Crippen MR) is 463 cm³/mol. The van der Waals surface area contributed by atoms with Gasteiger partial charge in [0.25, 0.3) is 5.85 Å². The fourth-order valence-electron chi connectivity index (χ4n) is 16.1. The average molecular weight is 1520 g/mol. The van der Waals surface area contributed by atoms with E-state index in [-0.39, 0.29) is 6.61 Å². The number of ether oxygens (including phenoxy) is 7. The zero-order valence-electron chi connectivity index (χ0n) is 68.5. The van der Waals surface area contributed by atoms with E-state index in [1.807, 2.05) is 5.06 Å². The molecular weight excluding hydrogens is 1390 g/mol. The summed E-state index contributed by atoms with van der Waals surface area (Å²) in [6.45, 7) is 21.3. The van der Waals surface area contributed by atoms with Gasteiger partial charge in [0.15, 0.2) is 40.8 Å². The number of fused-ring (bicyclic) bond motifs is 20. The van der Waals surface area contributed by atoms with Crippen LogP contribution in [0.4, 0.5) is 0 Å². The van der Waals surface area contributed by atoms with Crippen LogP contribution in [0.25, 0.3) is 43.1 Å². The minimum atomic E-state index is -1.94. The van der Waals surface area contributed by atoms with Crippen LogP contribution in [-0.4, -0.2) is 98.8 Å². The second kappa shape index (κ2) is 40.7. The second-order valence-corrected chi connectivity index (χ2v) is 30.8. The van der Waals surface area contributed by atoms with E-state index in [1.165, 1.54) is 0 Å². The summed E-state index contributed by atoms with van der Waals surface area (Å²) in [6, 6.07) is 38.3. The van der Waals surface area contributed by atoms with Crippen LogP contribution in [0, 0.1) is 0 Å². The van der Waals surface area contributed by atoms with Crippen LogP contribution in [-0.2, 0) is 15.4 Å². The van der Waals surface area contributed by atoms with Crippen molar-refractivity contribution in [2.75, 3.05) is 52.9 Å². The number of hydroxylamine groups is 2. The Bertz CT molecular complexity index is 4780. The maximum Gasteiger partial charge on any atom is 0.293 e. The molecule has 0 amide bonds. The van der Waals surface area contributed by atoms with E-state index in [4.69, 9.17) is 72.9 Å². The number of hydrogen-bond donors (Lipinski definition) is 0. The highest BCUT2D eigenvalue weighted by atomic mass is 16.7. The van der Waals surface area contributed by atoms with Crippen molar-refractivity contribution in [3.05, 3.63) is 154 Å². The van der Waals surface area contributed by atoms with Crippen LogP contribution in [0.1, 0.15) is 305 Å². The van der Waals surface area contributed by atoms with Crippen LogP contribution in [0.5, 0.6) is 34.5 Å². The molecule has 5 aliphatic rings. The fourth-order valence-corrected chi connectivity index (χ4v) is 16.1. The van der Waals surface area contributed by atoms with Gasteiger partial charge >= 0.3 is 0 Å². The maximum atomic E-state index is 7.83. The summed E-state index contributed by atoms with van der Waals surface area (Å²) in [7, 11) is 0. The lowest BCUT2D eigenvalue weighted by Crippen LogP contribution is -2.38. The van der Waals surface area contributed by atoms with Crippen molar-refractivity contribution < 1.29 is 38.0 Å². The minimum Gasteiger partial charge on any atom is -0.492 e. The molecule has 16 heteroatoms. The molecule has 5 aliphatic heterocycles. The normalized spacial score (nSPS) is 15.2. The summed E-state index contributed by atoms with van der Waals surface area (Å²) in [4.78, 5) is 49.7. The van der Waals surface area contributed by atoms with E-state index in [2.05, 4.69) is 165 Å². The van der Waals surface area contributed by atoms with Crippen molar-refractivity contribution in [2.24, 2.45) is 34.9 Å². The molecule has 0 spiro atoms. The fraction of sp³-hybridized carbons (Fsp3) is 0.510. The van der Waals surface area contributed by atoms with Crippen molar-refractivity contribution in [3.8, 4) is 34.5 Å². The first-order chi connectivity index (χ1) is 55.3. The van der Waals surface area contributed by atoms with E-state index < -0.39 is 5.85 Å². The molecule has 0 aliphatic carbocycles. The Morgan fingerprint density at radius 2 is 0.580 bits per heavy atom. The van der Waals surface area contributed by atoms with Crippen LogP contribution < -0.4 is 28.4 Å². The molecule has 5 heterocycles. The first kappa shape index (κ1) is 81.0. The predicted octanol–water partition coefficient (Wildman–Crippen LogP) is 25.0. The van der Waals surface area contributed by atoms with E-state index >= 15 is 0 Å². The standard InChI is InChI=1S/C96H122N8O8/c1-9-17-25-41-57-105-83-69-51-35-33-49-67(69)65-75-77(83)92-98-89(75)97-90-76-66-68-50-34-36-52-70(68)84(106-58-42-26-18-10-2)78(76)94(100-90)104(112-64-48-32-24-16-8)95-80-79(85(107-59-43-27-19-11-3)71-53-37-38-54-72(71)86(80)108-60-44-28-20-12-4)91(101-95)99-93-81-82(96(102-92,103-93)111-63-47-31-23-15-7)88(110-62-46-30-22-14-6)74-56-40-39-55-73(74)87(81)109-61-45-29-21-13-5/h33-40,49-56,65-66H,9-32,41-48,57-64H2,1-8H3. The Morgan fingerprint density at radius 1 is 0.268 bits per heavy atom. The molecule has 112 heavy (non-hydrogen) atoms. The van der Waals surface area contributed by atoms with Gasteiger partial charge in [0.1, 0.15) is 34.5 Å². The Morgan fingerprint density at radius 3 is 1.04 bits per heavy atom. The highest BCUT2D eigenvalue weighted by Crippen LogP contribution is 2.55. The van der Waals surface area contributed by atoms with Gasteiger partial charge in [-0.05, 0) is 74.3 Å². The second-order valence-electron chi connectivity index (χ2n) is 30.8. The van der Waals surface area contributed by atoms with Crippen molar-refractivity contribution in [1.82, 2.24) is 5.06 Å². The minimum absolute atomic E-state index is 0.283. The molecule has 0 N–H and O–H groups in total. The molecule has 8 aromatic carbocycles. The number of nitrogens with zero attached hydrogens (tertiary/aromatic N) is 8. The Balaban J connectivity index is 1.21. The third-order valence-corrected chi connectivity index (χ3v) is 22.1. The van der Waals surface area contributed by atoms with Gasteiger partial charge in [-0.3, -0.25) is 4.84 Å². The molecule has 1 atom stereocenters. The zero-order chi connectivity index (χ0) is 77.4. The van der Waals surface area contributed by atoms with Gasteiger partial charge in [0, 0.05) is 43.4 Å². The van der Waals surface area contributed by atoms with Gasteiger partial charge < -0.3 is 33.2 Å². The summed E-state index contributed by atoms with van der Waals surface area (Å²) in [5.41, 5.74) is 5.39. The molecule has 1 unspecified atom stereocenters. The molecule has 8 aromatic rings. The van der Waals surface area contributed by atoms with Gasteiger partial charge in [-0.25, -0.2) is 34.9 Å². The zero-order valence-corrected chi connectivity index (χ0v) is 68.5. The molecule has 8 bridgehead atoms. The molecule has 0 radical (unpaired) electrons. The Hall–Kier alpha value is -8.99. The maximum absolute atomic E-state index is 7.83. The lowest BCUT2D eigenvalue weighted by atomic mass is 9.95. The third kappa shape index (κ3) is 18.1. The molecule has 0 saturated carbocycles. The number of amidine groups is 7. The highest BCUT2D eigenvalue weighted by Gasteiger charge is 2.51. The van der Waals surface area contributed by atoms with E-state index in [1.54, 1.807) is 0 Å². The molecular formula is C96H122N8O8. The molecule has 0 saturated heterocycles. The summed E-state index contributed by atoms with van der Waals surface area (Å²) < 4.78 is 52.5. The largest absolute Gasteiger partial charge is 0.492 e. The third-order valence-electron chi connectivity index (χ3n) is 22.1. The van der Waals surface area contributed by atoms with Crippen LogP contribution in [0.15, 0.2) is 144 Å². The van der Waals surface area contributed by atoms with Gasteiger partial charge in [-0.2, -0.15) is 5.06 Å².